The second-order valence-corrected chi connectivity index (χ2v) is 5.62. The summed E-state index contributed by atoms with van der Waals surface area (Å²) >= 11 is 0. The normalized spacial score (nSPS) is 11.3. The van der Waals surface area contributed by atoms with Gasteiger partial charge in [0.15, 0.2) is 0 Å². The van der Waals surface area contributed by atoms with E-state index < -0.39 is 26.3 Å². The highest BCUT2D eigenvalue weighted by atomic mass is 35.7. The van der Waals surface area contributed by atoms with Gasteiger partial charge in [0.05, 0.1) is 5.56 Å². The molecule has 2 N–H and O–H groups in total. The number of rotatable bonds is 4. The van der Waals surface area contributed by atoms with E-state index >= 15 is 0 Å². The Hall–Kier alpha value is -1.43. The van der Waals surface area contributed by atoms with Gasteiger partial charge in [-0.2, -0.15) is 14.0 Å². The average Bonchev–Trinajstić information content (AvgIpc) is 2.26. The third-order valence-electron chi connectivity index (χ3n) is 1.98. The largest absolute Gasteiger partial charge is 0.434 e. The molecule has 0 fully saturated rings. The molecular weight excluding hydrogens is 290 g/mol. The fourth-order valence-electron chi connectivity index (χ4n) is 1.26. The summed E-state index contributed by atoms with van der Waals surface area (Å²) in [5, 5.41) is 8.77. The van der Waals surface area contributed by atoms with Crippen molar-refractivity contribution in [2.24, 2.45) is 5.73 Å². The van der Waals surface area contributed by atoms with Gasteiger partial charge in [0.25, 0.3) is 9.05 Å². The summed E-state index contributed by atoms with van der Waals surface area (Å²) < 4.78 is 50.8. The Labute approximate surface area is 106 Å². The fourth-order valence-corrected chi connectivity index (χ4v) is 2.26. The highest BCUT2D eigenvalue weighted by molar-refractivity contribution is 8.13. The van der Waals surface area contributed by atoms with Crippen molar-refractivity contribution in [1.29, 1.82) is 5.26 Å². The van der Waals surface area contributed by atoms with E-state index in [0.717, 1.165) is 12.1 Å². The zero-order valence-electron chi connectivity index (χ0n) is 8.73. The van der Waals surface area contributed by atoms with Gasteiger partial charge in [-0.25, -0.2) is 8.42 Å². The number of ether oxygens (including phenoxy) is 1. The summed E-state index contributed by atoms with van der Waals surface area (Å²) in [5.41, 5.74) is 5.09. The van der Waals surface area contributed by atoms with Crippen LogP contribution in [0.5, 0.6) is 5.75 Å². The van der Waals surface area contributed by atoms with Gasteiger partial charge in [0.2, 0.25) is 0 Å². The molecule has 18 heavy (non-hydrogen) atoms. The molecule has 0 unspecified atom stereocenters. The van der Waals surface area contributed by atoms with Gasteiger partial charge in [0, 0.05) is 28.9 Å². The Morgan fingerprint density at radius 1 is 1.50 bits per heavy atom. The molecule has 0 aliphatic rings. The lowest BCUT2D eigenvalue weighted by Crippen LogP contribution is -2.09. The Balaban J connectivity index is 3.50. The number of nitriles is 1. The number of alkyl halides is 2. The zero-order chi connectivity index (χ0) is 13.9. The van der Waals surface area contributed by atoms with Crippen LogP contribution in [0, 0.1) is 11.3 Å². The minimum absolute atomic E-state index is 0.0796. The Kier molecular flexibility index (Phi) is 4.45. The summed E-state index contributed by atoms with van der Waals surface area (Å²) in [5.74, 6) is -0.425. The van der Waals surface area contributed by atoms with Crippen LogP contribution in [0.4, 0.5) is 8.78 Å². The van der Waals surface area contributed by atoms with E-state index in [0.29, 0.717) is 0 Å². The van der Waals surface area contributed by atoms with Gasteiger partial charge >= 0.3 is 6.61 Å². The van der Waals surface area contributed by atoms with Crippen molar-refractivity contribution in [3.63, 3.8) is 0 Å². The molecule has 9 heteroatoms. The second-order valence-electron chi connectivity index (χ2n) is 3.09. The molecule has 0 atom stereocenters. The number of hydrogen-bond acceptors (Lipinski definition) is 5. The van der Waals surface area contributed by atoms with Gasteiger partial charge in [-0.15, -0.1) is 0 Å². The minimum Gasteiger partial charge on any atom is -0.434 e. The van der Waals surface area contributed by atoms with Gasteiger partial charge in [-0.05, 0) is 6.07 Å². The molecule has 0 bridgehead atoms. The van der Waals surface area contributed by atoms with E-state index in [1.807, 2.05) is 0 Å². The lowest BCUT2D eigenvalue weighted by atomic mass is 10.1. The third-order valence-corrected chi connectivity index (χ3v) is 3.34. The summed E-state index contributed by atoms with van der Waals surface area (Å²) in [4.78, 5) is -0.598. The molecule has 98 valence electrons. The topological polar surface area (TPSA) is 93.2 Å². The molecule has 5 nitrogen and oxygen atoms in total. The first-order valence-electron chi connectivity index (χ1n) is 4.46. The Morgan fingerprint density at radius 2 is 2.11 bits per heavy atom. The average molecular weight is 297 g/mol. The molecule has 0 aliphatic carbocycles. The highest BCUT2D eigenvalue weighted by Crippen LogP contribution is 2.29. The number of nitrogens with two attached hydrogens (primary N) is 1. The quantitative estimate of drug-likeness (QED) is 0.851. The first-order chi connectivity index (χ1) is 8.29. The smallest absolute Gasteiger partial charge is 0.387 e. The van der Waals surface area contributed by atoms with Crippen molar-refractivity contribution in [1.82, 2.24) is 0 Å². The van der Waals surface area contributed by atoms with Crippen molar-refractivity contribution in [3.05, 3.63) is 23.3 Å². The predicted octanol–water partition coefficient (Wildman–Crippen LogP) is 1.55. The minimum atomic E-state index is -4.24. The first-order valence-corrected chi connectivity index (χ1v) is 6.77. The Morgan fingerprint density at radius 3 is 2.50 bits per heavy atom. The van der Waals surface area contributed by atoms with E-state index in [1.54, 1.807) is 6.07 Å². The maximum Gasteiger partial charge on any atom is 0.387 e. The zero-order valence-corrected chi connectivity index (χ0v) is 10.3. The summed E-state index contributed by atoms with van der Waals surface area (Å²) in [7, 11) is 0.848. The van der Waals surface area contributed by atoms with Crippen LogP contribution < -0.4 is 10.5 Å². The molecular formula is C9H7ClF2N2O3S. The van der Waals surface area contributed by atoms with Crippen LogP contribution in [0.3, 0.4) is 0 Å². The van der Waals surface area contributed by atoms with E-state index in [4.69, 9.17) is 21.7 Å². The number of nitrogens with zero attached hydrogens (tertiary/aromatic N) is 1. The molecule has 0 radical (unpaired) electrons. The number of hydrogen-bond donors (Lipinski definition) is 1. The molecule has 0 saturated carbocycles. The molecule has 0 heterocycles. The van der Waals surface area contributed by atoms with Crippen LogP contribution in [-0.4, -0.2) is 15.0 Å². The molecule has 1 rings (SSSR count). The van der Waals surface area contributed by atoms with Crippen LogP contribution in [0.2, 0.25) is 0 Å². The molecule has 0 saturated heterocycles. The highest BCUT2D eigenvalue weighted by Gasteiger charge is 2.20. The first kappa shape index (κ1) is 14.6. The molecule has 0 aromatic heterocycles. The molecule has 0 aliphatic heterocycles. The summed E-state index contributed by atoms with van der Waals surface area (Å²) in [6.45, 7) is -3.34. The van der Waals surface area contributed by atoms with Gasteiger partial charge in [-0.3, -0.25) is 0 Å². The van der Waals surface area contributed by atoms with E-state index in [-0.39, 0.29) is 17.7 Å². The molecule has 0 amide bonds. The van der Waals surface area contributed by atoms with Crippen molar-refractivity contribution in [3.8, 4) is 11.8 Å². The van der Waals surface area contributed by atoms with Crippen LogP contribution >= 0.6 is 10.7 Å². The standard InChI is InChI=1S/C9H7ClF2N2O3S/c10-18(15,16)8-2-7(17-9(11)12)5(3-13)1-6(8)4-14/h1-2,9H,3,13H2. The van der Waals surface area contributed by atoms with E-state index in [2.05, 4.69) is 4.74 Å². The van der Waals surface area contributed by atoms with Crippen molar-refractivity contribution in [2.75, 3.05) is 0 Å². The Bertz CT molecular complexity index is 599. The van der Waals surface area contributed by atoms with Crippen LogP contribution in [0.15, 0.2) is 17.0 Å². The van der Waals surface area contributed by atoms with Crippen molar-refractivity contribution >= 4 is 19.7 Å². The lowest BCUT2D eigenvalue weighted by Gasteiger charge is -2.11. The lowest BCUT2D eigenvalue weighted by molar-refractivity contribution is -0.0505. The molecule has 1 aromatic carbocycles. The number of halogens is 3. The summed E-state index contributed by atoms with van der Waals surface area (Å²) in [6, 6.07) is 3.40. The van der Waals surface area contributed by atoms with Gasteiger partial charge in [-0.1, -0.05) is 0 Å². The predicted molar refractivity (Wildman–Crippen MR) is 58.7 cm³/mol. The van der Waals surface area contributed by atoms with Crippen LogP contribution in [0.1, 0.15) is 11.1 Å². The van der Waals surface area contributed by atoms with Crippen molar-refractivity contribution < 1.29 is 21.9 Å². The SMILES string of the molecule is N#Cc1cc(CN)c(OC(F)F)cc1S(=O)(=O)Cl. The molecule has 1 aromatic rings. The third kappa shape index (κ3) is 3.29. The van der Waals surface area contributed by atoms with Gasteiger partial charge in [0.1, 0.15) is 16.7 Å². The van der Waals surface area contributed by atoms with E-state index in [9.17, 15) is 17.2 Å². The number of benzene rings is 1. The maximum absolute atomic E-state index is 12.1. The van der Waals surface area contributed by atoms with Crippen molar-refractivity contribution in [2.45, 2.75) is 18.1 Å². The van der Waals surface area contributed by atoms with Crippen LogP contribution in [-0.2, 0) is 15.6 Å². The fraction of sp³-hybridized carbons (Fsp3) is 0.222. The monoisotopic (exact) mass is 296 g/mol. The molecule has 0 spiro atoms. The van der Waals surface area contributed by atoms with Crippen LogP contribution in [0.25, 0.3) is 0 Å². The van der Waals surface area contributed by atoms with Gasteiger partial charge < -0.3 is 10.5 Å². The van der Waals surface area contributed by atoms with E-state index in [1.165, 1.54) is 0 Å². The second kappa shape index (κ2) is 5.48. The summed E-state index contributed by atoms with van der Waals surface area (Å²) in [6.07, 6.45) is 0. The maximum atomic E-state index is 12.1.